The topological polar surface area (TPSA) is 101 Å². The SMILES string of the molecule is CCNC(=O)c1cc(NCC(CC(=O)O)OC)ccn1. The van der Waals surface area contributed by atoms with E-state index in [4.69, 9.17) is 9.84 Å². The van der Waals surface area contributed by atoms with E-state index in [1.165, 1.54) is 13.3 Å². The average Bonchev–Trinajstić information content (AvgIpc) is 2.43. The molecule has 1 aromatic rings. The minimum atomic E-state index is -0.920. The molecule has 0 saturated heterocycles. The van der Waals surface area contributed by atoms with Gasteiger partial charge >= 0.3 is 5.97 Å². The maximum atomic E-state index is 11.6. The van der Waals surface area contributed by atoms with Crippen LogP contribution < -0.4 is 10.6 Å². The number of nitrogens with zero attached hydrogens (tertiary/aromatic N) is 1. The van der Waals surface area contributed by atoms with Gasteiger partial charge in [0.15, 0.2) is 0 Å². The standard InChI is InChI=1S/C13H19N3O4/c1-3-14-13(19)11-6-9(4-5-15-11)16-8-10(20-2)7-12(17)18/h4-6,10H,3,7-8H2,1-2H3,(H,14,19)(H,15,16)(H,17,18). The number of carboxylic acid groups (broad SMARTS) is 1. The van der Waals surface area contributed by atoms with Crippen molar-refractivity contribution in [2.75, 3.05) is 25.5 Å². The van der Waals surface area contributed by atoms with Gasteiger partial charge in [0, 0.05) is 32.1 Å². The van der Waals surface area contributed by atoms with Crippen molar-refractivity contribution in [3.8, 4) is 0 Å². The lowest BCUT2D eigenvalue weighted by molar-refractivity contribution is -0.139. The summed E-state index contributed by atoms with van der Waals surface area (Å²) < 4.78 is 5.06. The number of pyridine rings is 1. The van der Waals surface area contributed by atoms with Crippen LogP contribution in [-0.2, 0) is 9.53 Å². The first-order valence-corrected chi connectivity index (χ1v) is 6.29. The van der Waals surface area contributed by atoms with Gasteiger partial charge in [0.25, 0.3) is 5.91 Å². The molecule has 1 unspecified atom stereocenters. The number of aromatic nitrogens is 1. The zero-order valence-corrected chi connectivity index (χ0v) is 11.5. The Morgan fingerprint density at radius 1 is 1.50 bits per heavy atom. The Labute approximate surface area is 117 Å². The van der Waals surface area contributed by atoms with Crippen molar-refractivity contribution < 1.29 is 19.4 Å². The molecule has 1 rings (SSSR count). The number of carbonyl (C=O) groups excluding carboxylic acids is 1. The largest absolute Gasteiger partial charge is 0.481 e. The molecule has 7 nitrogen and oxygen atoms in total. The maximum absolute atomic E-state index is 11.6. The van der Waals surface area contributed by atoms with Crippen LogP contribution in [0, 0.1) is 0 Å². The fraction of sp³-hybridized carbons (Fsp3) is 0.462. The first kappa shape index (κ1) is 15.9. The summed E-state index contributed by atoms with van der Waals surface area (Å²) in [5, 5.41) is 14.4. The van der Waals surface area contributed by atoms with Crippen LogP contribution >= 0.6 is 0 Å². The lowest BCUT2D eigenvalue weighted by Crippen LogP contribution is -2.26. The number of hydrogen-bond acceptors (Lipinski definition) is 5. The van der Waals surface area contributed by atoms with Crippen molar-refractivity contribution in [3.63, 3.8) is 0 Å². The van der Waals surface area contributed by atoms with E-state index in [9.17, 15) is 9.59 Å². The van der Waals surface area contributed by atoms with E-state index in [0.717, 1.165) is 0 Å². The third-order valence-corrected chi connectivity index (χ3v) is 2.60. The van der Waals surface area contributed by atoms with Crippen LogP contribution in [0.25, 0.3) is 0 Å². The molecular formula is C13H19N3O4. The van der Waals surface area contributed by atoms with Crippen LogP contribution in [0.5, 0.6) is 0 Å². The lowest BCUT2D eigenvalue weighted by Gasteiger charge is -2.15. The molecule has 0 bridgehead atoms. The van der Waals surface area contributed by atoms with Crippen molar-refractivity contribution in [1.82, 2.24) is 10.3 Å². The van der Waals surface area contributed by atoms with Gasteiger partial charge < -0.3 is 20.5 Å². The number of rotatable bonds is 8. The molecule has 0 radical (unpaired) electrons. The van der Waals surface area contributed by atoms with Crippen molar-refractivity contribution in [1.29, 1.82) is 0 Å². The quantitative estimate of drug-likeness (QED) is 0.649. The highest BCUT2D eigenvalue weighted by Gasteiger charge is 2.12. The van der Waals surface area contributed by atoms with Gasteiger partial charge in [-0.1, -0.05) is 0 Å². The van der Waals surface area contributed by atoms with Crippen molar-refractivity contribution in [3.05, 3.63) is 24.0 Å². The molecule has 1 atom stereocenters. The fourth-order valence-electron chi connectivity index (χ4n) is 1.58. The Morgan fingerprint density at radius 2 is 2.25 bits per heavy atom. The van der Waals surface area contributed by atoms with E-state index < -0.39 is 12.1 Å². The zero-order chi connectivity index (χ0) is 15.0. The zero-order valence-electron chi connectivity index (χ0n) is 11.5. The van der Waals surface area contributed by atoms with Gasteiger partial charge in [-0.15, -0.1) is 0 Å². The number of hydrogen-bond donors (Lipinski definition) is 3. The lowest BCUT2D eigenvalue weighted by atomic mass is 10.2. The number of aliphatic carboxylic acids is 1. The van der Waals surface area contributed by atoms with Crippen LogP contribution in [0.1, 0.15) is 23.8 Å². The van der Waals surface area contributed by atoms with Crippen LogP contribution in [-0.4, -0.2) is 48.3 Å². The molecule has 110 valence electrons. The molecule has 0 saturated carbocycles. The van der Waals surface area contributed by atoms with E-state index in [-0.39, 0.29) is 12.3 Å². The fourth-order valence-corrected chi connectivity index (χ4v) is 1.58. The highest BCUT2D eigenvalue weighted by atomic mass is 16.5. The third-order valence-electron chi connectivity index (χ3n) is 2.60. The Kier molecular flexibility index (Phi) is 6.45. The molecule has 1 aromatic heterocycles. The molecule has 1 heterocycles. The molecule has 0 aliphatic heterocycles. The molecule has 7 heteroatoms. The Hall–Kier alpha value is -2.15. The normalized spacial score (nSPS) is 11.7. The third kappa shape index (κ3) is 5.23. The minimum absolute atomic E-state index is 0.0856. The van der Waals surface area contributed by atoms with E-state index in [2.05, 4.69) is 15.6 Å². The van der Waals surface area contributed by atoms with Crippen LogP contribution in [0.15, 0.2) is 18.3 Å². The Bertz CT molecular complexity index is 465. The summed E-state index contributed by atoms with van der Waals surface area (Å²) in [5.41, 5.74) is 0.998. The predicted octanol–water partition coefficient (Wildman–Crippen LogP) is 0.733. The van der Waals surface area contributed by atoms with E-state index in [0.29, 0.717) is 24.5 Å². The van der Waals surface area contributed by atoms with Gasteiger partial charge in [-0.25, -0.2) is 0 Å². The summed E-state index contributed by atoms with van der Waals surface area (Å²) in [6.45, 7) is 2.69. The van der Waals surface area contributed by atoms with E-state index >= 15 is 0 Å². The van der Waals surface area contributed by atoms with Crippen LogP contribution in [0.4, 0.5) is 5.69 Å². The van der Waals surface area contributed by atoms with Crippen molar-refractivity contribution >= 4 is 17.6 Å². The summed E-state index contributed by atoms with van der Waals surface area (Å²) in [4.78, 5) is 26.2. The number of amides is 1. The van der Waals surface area contributed by atoms with Gasteiger partial charge in [0.1, 0.15) is 5.69 Å². The summed E-state index contributed by atoms with van der Waals surface area (Å²) in [6.07, 6.45) is 0.998. The first-order valence-electron chi connectivity index (χ1n) is 6.29. The van der Waals surface area contributed by atoms with Crippen LogP contribution in [0.2, 0.25) is 0 Å². The summed E-state index contributed by atoms with van der Waals surface area (Å²) in [5.74, 6) is -1.17. The maximum Gasteiger partial charge on any atom is 0.306 e. The van der Waals surface area contributed by atoms with E-state index in [1.54, 1.807) is 12.1 Å². The molecule has 0 aromatic carbocycles. The predicted molar refractivity (Wildman–Crippen MR) is 73.8 cm³/mol. The Balaban J connectivity index is 2.61. The second-order valence-corrected chi connectivity index (χ2v) is 4.13. The highest BCUT2D eigenvalue weighted by Crippen LogP contribution is 2.09. The first-order chi connectivity index (χ1) is 9.56. The molecule has 1 amide bonds. The van der Waals surface area contributed by atoms with Gasteiger partial charge in [0.2, 0.25) is 0 Å². The number of carbonyl (C=O) groups is 2. The average molecular weight is 281 g/mol. The number of ether oxygens (including phenoxy) is 1. The van der Waals surface area contributed by atoms with Crippen molar-refractivity contribution in [2.45, 2.75) is 19.4 Å². The molecule has 0 fully saturated rings. The second kappa shape index (κ2) is 8.11. The molecule has 3 N–H and O–H groups in total. The molecular weight excluding hydrogens is 262 g/mol. The molecule has 0 spiro atoms. The van der Waals surface area contributed by atoms with Gasteiger partial charge in [-0.3, -0.25) is 14.6 Å². The molecule has 20 heavy (non-hydrogen) atoms. The van der Waals surface area contributed by atoms with Gasteiger partial charge in [-0.05, 0) is 19.1 Å². The second-order valence-electron chi connectivity index (χ2n) is 4.13. The highest BCUT2D eigenvalue weighted by molar-refractivity contribution is 5.93. The number of nitrogens with one attached hydrogen (secondary N) is 2. The number of carboxylic acids is 1. The van der Waals surface area contributed by atoms with Gasteiger partial charge in [-0.2, -0.15) is 0 Å². The minimum Gasteiger partial charge on any atom is -0.481 e. The number of methoxy groups -OCH3 is 1. The van der Waals surface area contributed by atoms with E-state index in [1.807, 2.05) is 6.92 Å². The summed E-state index contributed by atoms with van der Waals surface area (Å²) >= 11 is 0. The van der Waals surface area contributed by atoms with Crippen molar-refractivity contribution in [2.24, 2.45) is 0 Å². The smallest absolute Gasteiger partial charge is 0.306 e. The number of anilines is 1. The monoisotopic (exact) mass is 281 g/mol. The van der Waals surface area contributed by atoms with Crippen LogP contribution in [0.3, 0.4) is 0 Å². The molecule has 0 aliphatic carbocycles. The van der Waals surface area contributed by atoms with Gasteiger partial charge in [0.05, 0.1) is 12.5 Å². The Morgan fingerprint density at radius 3 is 2.85 bits per heavy atom. The molecule has 0 aliphatic rings. The summed E-state index contributed by atoms with van der Waals surface area (Å²) in [6, 6.07) is 3.31. The summed E-state index contributed by atoms with van der Waals surface area (Å²) in [7, 11) is 1.46.